The van der Waals surface area contributed by atoms with Gasteiger partial charge in [-0.05, 0) is 23.6 Å². The molecule has 25 heavy (non-hydrogen) atoms. The molecule has 0 spiro atoms. The van der Waals surface area contributed by atoms with Gasteiger partial charge in [0.2, 0.25) is 0 Å². The van der Waals surface area contributed by atoms with Crippen LogP contribution < -0.4 is 9.50 Å². The zero-order chi connectivity index (χ0) is 19.6. The Hall–Kier alpha value is -2.30. The molecular weight excluding hydrogens is 367 g/mol. The molecule has 140 valence electrons. The van der Waals surface area contributed by atoms with Gasteiger partial charge in [0.15, 0.2) is 5.75 Å². The predicted octanol–water partition coefficient (Wildman–Crippen LogP) is 2.39. The van der Waals surface area contributed by atoms with Gasteiger partial charge in [0.1, 0.15) is 5.56 Å². The van der Waals surface area contributed by atoms with Crippen LogP contribution in [0.2, 0.25) is 0 Å². The van der Waals surface area contributed by atoms with Crippen molar-refractivity contribution >= 4 is 22.0 Å². The summed E-state index contributed by atoms with van der Waals surface area (Å²) in [7, 11) is -6.03. The summed E-state index contributed by atoms with van der Waals surface area (Å²) in [6, 6.07) is 2.38. The summed E-state index contributed by atoms with van der Waals surface area (Å²) in [5, 5.41) is 11.6. The zero-order valence-electron chi connectivity index (χ0n) is 13.5. The number of amides is 1. The highest BCUT2D eigenvalue weighted by molar-refractivity contribution is 7.88. The lowest BCUT2D eigenvalue weighted by atomic mass is 9.97. The summed E-state index contributed by atoms with van der Waals surface area (Å²) >= 11 is 0. The number of aromatic carboxylic acids is 1. The number of benzene rings is 1. The maximum Gasteiger partial charge on any atom is 0.534 e. The van der Waals surface area contributed by atoms with E-state index < -0.39 is 38.8 Å². The normalized spacial score (nSPS) is 12.6. The smallest absolute Gasteiger partial charge is 0.478 e. The number of carbonyl (C=O) groups is 2. The van der Waals surface area contributed by atoms with Crippen molar-refractivity contribution in [2.75, 3.05) is 6.54 Å². The minimum atomic E-state index is -6.03. The van der Waals surface area contributed by atoms with Gasteiger partial charge in [-0.25, -0.2) is 4.79 Å². The van der Waals surface area contributed by atoms with Crippen molar-refractivity contribution < 1.29 is 40.5 Å². The van der Waals surface area contributed by atoms with Crippen LogP contribution in [0.5, 0.6) is 5.75 Å². The monoisotopic (exact) mass is 383 g/mol. The molecular formula is C14H16F3NO6S. The molecule has 0 unspecified atom stereocenters. The highest BCUT2D eigenvalue weighted by Gasteiger charge is 2.49. The molecule has 7 nitrogen and oxygen atoms in total. The van der Waals surface area contributed by atoms with Crippen LogP contribution in [0.4, 0.5) is 13.2 Å². The number of carboxylic acids is 1. The molecule has 0 saturated carbocycles. The highest BCUT2D eigenvalue weighted by Crippen LogP contribution is 2.29. The quantitative estimate of drug-likeness (QED) is 0.597. The SMILES string of the molecule is CC(C)(C)CNC(=O)c1ccc(OS(=O)(=O)C(F)(F)F)c(C(=O)O)c1. The van der Waals surface area contributed by atoms with E-state index in [1.807, 2.05) is 20.8 Å². The van der Waals surface area contributed by atoms with Gasteiger partial charge in [-0.15, -0.1) is 0 Å². The second-order valence-corrected chi connectivity index (χ2v) is 7.78. The van der Waals surface area contributed by atoms with Crippen LogP contribution in [0.1, 0.15) is 41.5 Å². The number of carbonyl (C=O) groups excluding carboxylic acids is 1. The van der Waals surface area contributed by atoms with E-state index in [1.165, 1.54) is 0 Å². The first-order valence-corrected chi connectivity index (χ1v) is 8.21. The predicted molar refractivity (Wildman–Crippen MR) is 80.8 cm³/mol. The average molecular weight is 383 g/mol. The first-order valence-electron chi connectivity index (χ1n) is 6.80. The molecule has 1 aromatic rings. The van der Waals surface area contributed by atoms with Gasteiger partial charge in [0, 0.05) is 12.1 Å². The molecule has 0 aliphatic carbocycles. The molecule has 0 fully saturated rings. The van der Waals surface area contributed by atoms with Crippen LogP contribution in [0.25, 0.3) is 0 Å². The molecule has 0 radical (unpaired) electrons. The second-order valence-electron chi connectivity index (χ2n) is 6.24. The van der Waals surface area contributed by atoms with Crippen molar-refractivity contribution in [2.45, 2.75) is 26.3 Å². The Morgan fingerprint density at radius 3 is 2.20 bits per heavy atom. The van der Waals surface area contributed by atoms with E-state index in [2.05, 4.69) is 9.50 Å². The van der Waals surface area contributed by atoms with Crippen LogP contribution in [-0.2, 0) is 10.1 Å². The zero-order valence-corrected chi connectivity index (χ0v) is 14.3. The van der Waals surface area contributed by atoms with Gasteiger partial charge < -0.3 is 14.6 Å². The third kappa shape index (κ3) is 5.62. The summed E-state index contributed by atoms with van der Waals surface area (Å²) in [6.45, 7) is 5.79. The number of nitrogens with one attached hydrogen (secondary N) is 1. The fraction of sp³-hybridized carbons (Fsp3) is 0.429. The molecule has 0 atom stereocenters. The van der Waals surface area contributed by atoms with Crippen LogP contribution in [0, 0.1) is 5.41 Å². The molecule has 0 bridgehead atoms. The number of hydrogen-bond acceptors (Lipinski definition) is 5. The molecule has 1 aromatic carbocycles. The lowest BCUT2D eigenvalue weighted by Crippen LogP contribution is -2.32. The third-order valence-electron chi connectivity index (χ3n) is 2.73. The van der Waals surface area contributed by atoms with Gasteiger partial charge in [-0.1, -0.05) is 20.8 Å². The standard InChI is InChI=1S/C14H16F3NO6S/c1-13(2,3)7-18-11(19)8-4-5-10(9(6-8)12(20)21)24-25(22,23)14(15,16)17/h4-6H,7H2,1-3H3,(H,18,19)(H,20,21). The Morgan fingerprint density at radius 1 is 1.20 bits per heavy atom. The Kier molecular flexibility index (Phi) is 5.73. The summed E-state index contributed by atoms with van der Waals surface area (Å²) < 4.78 is 62.9. The van der Waals surface area contributed by atoms with E-state index in [-0.39, 0.29) is 17.5 Å². The van der Waals surface area contributed by atoms with E-state index >= 15 is 0 Å². The number of halogens is 3. The van der Waals surface area contributed by atoms with Gasteiger partial charge in [-0.3, -0.25) is 4.79 Å². The topological polar surface area (TPSA) is 110 Å². The molecule has 1 amide bonds. The summed E-state index contributed by atoms with van der Waals surface area (Å²) in [5.41, 5.74) is -7.03. The summed E-state index contributed by atoms with van der Waals surface area (Å²) in [5.74, 6) is -3.46. The largest absolute Gasteiger partial charge is 0.534 e. The van der Waals surface area contributed by atoms with Crippen molar-refractivity contribution in [3.63, 3.8) is 0 Å². The highest BCUT2D eigenvalue weighted by atomic mass is 32.2. The van der Waals surface area contributed by atoms with Crippen molar-refractivity contribution in [3.05, 3.63) is 29.3 Å². The van der Waals surface area contributed by atoms with Crippen molar-refractivity contribution in [3.8, 4) is 5.75 Å². The minimum absolute atomic E-state index is 0.168. The number of alkyl halides is 3. The van der Waals surface area contributed by atoms with Crippen molar-refractivity contribution in [1.29, 1.82) is 0 Å². The maximum atomic E-state index is 12.3. The van der Waals surface area contributed by atoms with Gasteiger partial charge in [-0.2, -0.15) is 21.6 Å². The third-order valence-corrected chi connectivity index (χ3v) is 3.70. The van der Waals surface area contributed by atoms with Crippen LogP contribution in [0.3, 0.4) is 0 Å². The molecule has 0 saturated heterocycles. The van der Waals surface area contributed by atoms with E-state index in [4.69, 9.17) is 5.11 Å². The fourth-order valence-electron chi connectivity index (χ4n) is 1.52. The Bertz CT molecular complexity index is 781. The lowest BCUT2D eigenvalue weighted by Gasteiger charge is -2.19. The Balaban J connectivity index is 3.17. The van der Waals surface area contributed by atoms with E-state index in [9.17, 15) is 31.2 Å². The Labute approximate surface area is 141 Å². The van der Waals surface area contributed by atoms with Crippen LogP contribution >= 0.6 is 0 Å². The minimum Gasteiger partial charge on any atom is -0.478 e. The maximum absolute atomic E-state index is 12.3. The molecule has 1 rings (SSSR count). The second kappa shape index (κ2) is 6.90. The Morgan fingerprint density at radius 2 is 1.76 bits per heavy atom. The van der Waals surface area contributed by atoms with Gasteiger partial charge >= 0.3 is 21.6 Å². The number of carboxylic acid groups (broad SMARTS) is 1. The molecule has 2 N–H and O–H groups in total. The molecule has 0 aromatic heterocycles. The number of rotatable bonds is 5. The van der Waals surface area contributed by atoms with E-state index in [0.717, 1.165) is 12.1 Å². The van der Waals surface area contributed by atoms with Crippen molar-refractivity contribution in [2.24, 2.45) is 5.41 Å². The molecule has 0 aliphatic heterocycles. The molecule has 0 aliphatic rings. The first kappa shape index (κ1) is 20.7. The first-order chi connectivity index (χ1) is 11.1. The summed E-state index contributed by atoms with van der Waals surface area (Å²) in [6.07, 6.45) is 0. The van der Waals surface area contributed by atoms with Gasteiger partial charge in [0.05, 0.1) is 0 Å². The summed E-state index contributed by atoms with van der Waals surface area (Å²) in [4.78, 5) is 23.1. The van der Waals surface area contributed by atoms with Crippen LogP contribution in [0.15, 0.2) is 18.2 Å². The van der Waals surface area contributed by atoms with E-state index in [1.54, 1.807) is 0 Å². The average Bonchev–Trinajstić information content (AvgIpc) is 2.42. The lowest BCUT2D eigenvalue weighted by molar-refractivity contribution is -0.0500. The number of hydrogen-bond donors (Lipinski definition) is 2. The molecule has 11 heteroatoms. The van der Waals surface area contributed by atoms with E-state index in [0.29, 0.717) is 6.07 Å². The van der Waals surface area contributed by atoms with Crippen LogP contribution in [-0.4, -0.2) is 37.5 Å². The van der Waals surface area contributed by atoms with Gasteiger partial charge in [0.25, 0.3) is 5.91 Å². The fourth-order valence-corrected chi connectivity index (χ4v) is 2.00. The molecule has 0 heterocycles. The van der Waals surface area contributed by atoms with Crippen molar-refractivity contribution in [1.82, 2.24) is 5.32 Å².